The van der Waals surface area contributed by atoms with E-state index >= 15 is 0 Å². The van der Waals surface area contributed by atoms with Crippen molar-refractivity contribution in [3.05, 3.63) is 12.2 Å². The van der Waals surface area contributed by atoms with Crippen molar-refractivity contribution in [2.24, 2.45) is 10.7 Å². The van der Waals surface area contributed by atoms with Crippen LogP contribution < -0.4 is 5.73 Å². The fourth-order valence-corrected chi connectivity index (χ4v) is 0.363. The van der Waals surface area contributed by atoms with Crippen LogP contribution in [0, 0.1) is 0 Å². The molecule has 0 radical (unpaired) electrons. The smallest absolute Gasteiger partial charge is 0.340 e. The number of amidine groups is 1. The van der Waals surface area contributed by atoms with Crippen LogP contribution >= 0.6 is 0 Å². The van der Waals surface area contributed by atoms with Crippen molar-refractivity contribution in [3.63, 3.8) is 0 Å². The van der Waals surface area contributed by atoms with E-state index in [1.54, 1.807) is 0 Å². The standard InChI is InChI=1S/C6H10N2O2/c1-4(5(7)8-2)6(9)10-3/h1H2,2-3H3,(H2,7,8). The van der Waals surface area contributed by atoms with Crippen LogP contribution in [0.5, 0.6) is 0 Å². The molecule has 0 aromatic carbocycles. The van der Waals surface area contributed by atoms with Crippen molar-refractivity contribution in [2.75, 3.05) is 14.2 Å². The van der Waals surface area contributed by atoms with Crippen molar-refractivity contribution in [1.82, 2.24) is 0 Å². The van der Waals surface area contributed by atoms with E-state index in [1.165, 1.54) is 14.2 Å². The topological polar surface area (TPSA) is 64.7 Å². The molecule has 0 aliphatic carbocycles. The van der Waals surface area contributed by atoms with Gasteiger partial charge in [0.2, 0.25) is 0 Å². The van der Waals surface area contributed by atoms with Gasteiger partial charge in [0.05, 0.1) is 12.7 Å². The molecule has 0 saturated carbocycles. The third-order valence-corrected chi connectivity index (χ3v) is 0.982. The van der Waals surface area contributed by atoms with Crippen LogP contribution in [0.15, 0.2) is 17.1 Å². The third kappa shape index (κ3) is 1.89. The first-order valence-corrected chi connectivity index (χ1v) is 2.63. The van der Waals surface area contributed by atoms with Crippen LogP contribution in [0.4, 0.5) is 0 Å². The molecule has 0 aromatic rings. The second kappa shape index (κ2) is 3.66. The van der Waals surface area contributed by atoms with Gasteiger partial charge in [-0.05, 0) is 0 Å². The van der Waals surface area contributed by atoms with Crippen LogP contribution in [0.25, 0.3) is 0 Å². The molecule has 0 bridgehead atoms. The number of carbonyl (C=O) groups is 1. The van der Waals surface area contributed by atoms with Gasteiger partial charge >= 0.3 is 5.97 Å². The second-order valence-electron chi connectivity index (χ2n) is 1.58. The maximum atomic E-state index is 10.6. The van der Waals surface area contributed by atoms with E-state index in [2.05, 4.69) is 16.3 Å². The Labute approximate surface area is 59.4 Å². The van der Waals surface area contributed by atoms with Crippen molar-refractivity contribution < 1.29 is 9.53 Å². The summed E-state index contributed by atoms with van der Waals surface area (Å²) >= 11 is 0. The fourth-order valence-electron chi connectivity index (χ4n) is 0.363. The normalized spacial score (nSPS) is 10.8. The van der Waals surface area contributed by atoms with E-state index in [0.29, 0.717) is 0 Å². The minimum absolute atomic E-state index is 0.0880. The van der Waals surface area contributed by atoms with Crippen molar-refractivity contribution in [2.45, 2.75) is 0 Å². The number of nitrogens with zero attached hydrogens (tertiary/aromatic N) is 1. The Kier molecular flexibility index (Phi) is 3.17. The van der Waals surface area contributed by atoms with Crippen LogP contribution in [-0.4, -0.2) is 26.0 Å². The summed E-state index contributed by atoms with van der Waals surface area (Å²) in [7, 11) is 2.74. The van der Waals surface area contributed by atoms with Gasteiger partial charge in [-0.15, -0.1) is 0 Å². The van der Waals surface area contributed by atoms with E-state index in [4.69, 9.17) is 5.73 Å². The van der Waals surface area contributed by atoms with Gasteiger partial charge in [0, 0.05) is 7.05 Å². The molecule has 0 atom stereocenters. The highest BCUT2D eigenvalue weighted by Gasteiger charge is 2.08. The zero-order chi connectivity index (χ0) is 8.15. The Bertz CT molecular complexity index is 184. The number of ether oxygens (including phenoxy) is 1. The lowest BCUT2D eigenvalue weighted by Gasteiger charge is -1.99. The Hall–Kier alpha value is -1.32. The summed E-state index contributed by atoms with van der Waals surface area (Å²) < 4.78 is 4.34. The molecule has 0 unspecified atom stereocenters. The van der Waals surface area contributed by atoms with E-state index < -0.39 is 5.97 Å². The summed E-state index contributed by atoms with van der Waals surface area (Å²) in [5.41, 5.74) is 5.33. The Morgan fingerprint density at radius 3 is 2.50 bits per heavy atom. The highest BCUT2D eigenvalue weighted by Crippen LogP contribution is 1.91. The predicted octanol–water partition coefficient (Wildman–Crippen LogP) is -0.297. The zero-order valence-electron chi connectivity index (χ0n) is 6.05. The van der Waals surface area contributed by atoms with Gasteiger partial charge in [-0.3, -0.25) is 4.99 Å². The second-order valence-corrected chi connectivity index (χ2v) is 1.58. The van der Waals surface area contributed by atoms with Crippen LogP contribution in [-0.2, 0) is 9.53 Å². The minimum Gasteiger partial charge on any atom is -0.465 e. The van der Waals surface area contributed by atoms with Gasteiger partial charge in [0.15, 0.2) is 0 Å². The summed E-state index contributed by atoms with van der Waals surface area (Å²) in [6.45, 7) is 3.37. The number of hydrogen-bond acceptors (Lipinski definition) is 3. The molecule has 56 valence electrons. The molecule has 10 heavy (non-hydrogen) atoms. The number of rotatable bonds is 2. The Morgan fingerprint density at radius 2 is 2.20 bits per heavy atom. The molecule has 0 amide bonds. The van der Waals surface area contributed by atoms with Crippen LogP contribution in [0.2, 0.25) is 0 Å². The van der Waals surface area contributed by atoms with Gasteiger partial charge in [-0.2, -0.15) is 0 Å². The van der Waals surface area contributed by atoms with E-state index in [1.807, 2.05) is 0 Å². The van der Waals surface area contributed by atoms with E-state index in [9.17, 15) is 4.79 Å². The molecule has 0 spiro atoms. The number of methoxy groups -OCH3 is 1. The quantitative estimate of drug-likeness (QED) is 0.249. The lowest BCUT2D eigenvalue weighted by molar-refractivity contribution is -0.135. The van der Waals surface area contributed by atoms with Gasteiger partial charge in [0.1, 0.15) is 5.84 Å². The van der Waals surface area contributed by atoms with Gasteiger partial charge in [-0.25, -0.2) is 4.79 Å². The average molecular weight is 142 g/mol. The molecule has 2 N–H and O–H groups in total. The molecular weight excluding hydrogens is 132 g/mol. The molecule has 4 nitrogen and oxygen atoms in total. The predicted molar refractivity (Wildman–Crippen MR) is 38.7 cm³/mol. The molecule has 0 rings (SSSR count). The Morgan fingerprint density at radius 1 is 1.70 bits per heavy atom. The van der Waals surface area contributed by atoms with Crippen molar-refractivity contribution in [1.29, 1.82) is 0 Å². The van der Waals surface area contributed by atoms with Crippen molar-refractivity contribution in [3.8, 4) is 0 Å². The fraction of sp³-hybridized carbons (Fsp3) is 0.333. The monoisotopic (exact) mass is 142 g/mol. The molecule has 0 aliphatic rings. The number of hydrogen-bond donors (Lipinski definition) is 1. The molecular formula is C6H10N2O2. The van der Waals surface area contributed by atoms with Crippen molar-refractivity contribution >= 4 is 11.8 Å². The number of nitrogens with two attached hydrogens (primary N) is 1. The average Bonchev–Trinajstić information content (AvgIpc) is 2.00. The largest absolute Gasteiger partial charge is 0.465 e. The van der Waals surface area contributed by atoms with Crippen LogP contribution in [0.3, 0.4) is 0 Å². The summed E-state index contributed by atoms with van der Waals surface area (Å²) in [5, 5.41) is 0. The summed E-state index contributed by atoms with van der Waals surface area (Å²) in [6, 6.07) is 0. The first-order valence-electron chi connectivity index (χ1n) is 2.63. The molecule has 4 heteroatoms. The van der Waals surface area contributed by atoms with Gasteiger partial charge in [-0.1, -0.05) is 6.58 Å². The highest BCUT2D eigenvalue weighted by molar-refractivity contribution is 6.17. The molecule has 0 aromatic heterocycles. The van der Waals surface area contributed by atoms with E-state index in [-0.39, 0.29) is 11.4 Å². The summed E-state index contributed by atoms with van der Waals surface area (Å²) in [5.74, 6) is -0.449. The highest BCUT2D eigenvalue weighted by atomic mass is 16.5. The first kappa shape index (κ1) is 8.68. The minimum atomic E-state index is -0.553. The maximum Gasteiger partial charge on any atom is 0.340 e. The van der Waals surface area contributed by atoms with E-state index in [0.717, 1.165) is 0 Å². The number of aliphatic imine (C=N–C) groups is 1. The Balaban J connectivity index is 4.23. The molecule has 0 heterocycles. The third-order valence-electron chi connectivity index (χ3n) is 0.982. The molecule has 0 fully saturated rings. The van der Waals surface area contributed by atoms with Crippen LogP contribution in [0.1, 0.15) is 0 Å². The first-order chi connectivity index (χ1) is 4.63. The SMILES string of the molecule is C=C(C(=O)OC)C(N)=NC. The lowest BCUT2D eigenvalue weighted by Crippen LogP contribution is -2.21. The number of esters is 1. The molecule has 0 aliphatic heterocycles. The zero-order valence-corrected chi connectivity index (χ0v) is 6.05. The number of carbonyl (C=O) groups excluding carboxylic acids is 1. The van der Waals surface area contributed by atoms with Gasteiger partial charge in [0.25, 0.3) is 0 Å². The molecule has 0 saturated heterocycles. The summed E-state index contributed by atoms with van der Waals surface area (Å²) in [4.78, 5) is 14.2. The summed E-state index contributed by atoms with van der Waals surface area (Å²) in [6.07, 6.45) is 0. The maximum absolute atomic E-state index is 10.6. The lowest BCUT2D eigenvalue weighted by atomic mass is 10.3. The van der Waals surface area contributed by atoms with Gasteiger partial charge < -0.3 is 10.5 Å².